The number of aryl methyl sites for hydroxylation is 2. The summed E-state index contributed by atoms with van der Waals surface area (Å²) < 4.78 is 0. The molecule has 0 aliphatic rings. The predicted octanol–water partition coefficient (Wildman–Crippen LogP) is 4.29. The van der Waals surface area contributed by atoms with Gasteiger partial charge in [-0.1, -0.05) is 47.2 Å². The normalized spacial score (nSPS) is 11.0. The van der Waals surface area contributed by atoms with Crippen LogP contribution in [0.3, 0.4) is 0 Å². The number of aromatic hydroxyl groups is 1. The number of thiazole rings is 1. The molecule has 90 valence electrons. The van der Waals surface area contributed by atoms with E-state index in [-0.39, 0.29) is 0 Å². The van der Waals surface area contributed by atoms with Gasteiger partial charge in [-0.2, -0.15) is 0 Å². The minimum Gasteiger partial charge on any atom is -0.498 e. The smallest absolute Gasteiger partial charge is 0.195 e. The van der Waals surface area contributed by atoms with Crippen molar-refractivity contribution in [3.05, 3.63) is 47.7 Å². The average Bonchev–Trinajstić information content (AvgIpc) is 2.69. The van der Waals surface area contributed by atoms with Crippen molar-refractivity contribution in [3.63, 3.8) is 0 Å². The highest BCUT2D eigenvalue weighted by Gasteiger charge is 2.08. The minimum atomic E-state index is 0.300. The molecule has 2 aromatic carbocycles. The second-order valence-corrected chi connectivity index (χ2v) is 5.45. The summed E-state index contributed by atoms with van der Waals surface area (Å²) in [7, 11) is 0. The van der Waals surface area contributed by atoms with Crippen molar-refractivity contribution in [1.82, 2.24) is 4.98 Å². The van der Waals surface area contributed by atoms with Gasteiger partial charge in [0.15, 0.2) is 5.06 Å². The van der Waals surface area contributed by atoms with Gasteiger partial charge < -0.3 is 5.11 Å². The lowest BCUT2D eigenvalue weighted by Gasteiger charge is -2.02. The molecule has 3 rings (SSSR count). The number of fused-ring (bicyclic) bond motifs is 1. The van der Waals surface area contributed by atoms with Gasteiger partial charge in [-0.25, -0.2) is 4.98 Å². The van der Waals surface area contributed by atoms with Gasteiger partial charge in [0.05, 0.1) is 5.69 Å². The largest absolute Gasteiger partial charge is 0.498 e. The lowest BCUT2D eigenvalue weighted by molar-refractivity contribution is 0.485. The molecule has 0 saturated carbocycles. The summed E-state index contributed by atoms with van der Waals surface area (Å²) in [5, 5.41) is 13.2. The van der Waals surface area contributed by atoms with E-state index in [9.17, 15) is 5.11 Å². The standard InChI is InChI=1S/C15H13NOS/c1-9-3-4-12-8-13(6-5-11(12)7-9)14-16-10(2)15(17)18-14/h3-8,17H,1-2H3. The number of nitrogens with zero attached hydrogens (tertiary/aromatic N) is 1. The van der Waals surface area contributed by atoms with Crippen LogP contribution < -0.4 is 0 Å². The van der Waals surface area contributed by atoms with Crippen LogP contribution in [0.15, 0.2) is 36.4 Å². The van der Waals surface area contributed by atoms with Gasteiger partial charge >= 0.3 is 0 Å². The Kier molecular flexibility index (Phi) is 2.56. The van der Waals surface area contributed by atoms with Crippen LogP contribution >= 0.6 is 11.3 Å². The molecule has 0 aliphatic carbocycles. The van der Waals surface area contributed by atoms with Crippen molar-refractivity contribution in [2.24, 2.45) is 0 Å². The third-order valence-electron chi connectivity index (χ3n) is 3.01. The van der Waals surface area contributed by atoms with E-state index in [0.717, 1.165) is 10.6 Å². The zero-order valence-corrected chi connectivity index (χ0v) is 11.1. The fourth-order valence-electron chi connectivity index (χ4n) is 2.01. The summed E-state index contributed by atoms with van der Waals surface area (Å²) in [6.07, 6.45) is 0. The molecule has 0 radical (unpaired) electrons. The lowest BCUT2D eigenvalue weighted by atomic mass is 10.1. The molecule has 1 aromatic heterocycles. The topological polar surface area (TPSA) is 33.1 Å². The minimum absolute atomic E-state index is 0.300. The third-order valence-corrected chi connectivity index (χ3v) is 4.02. The molecule has 0 atom stereocenters. The van der Waals surface area contributed by atoms with Gasteiger partial charge in [0, 0.05) is 5.56 Å². The van der Waals surface area contributed by atoms with E-state index in [1.807, 2.05) is 6.92 Å². The van der Waals surface area contributed by atoms with Crippen LogP contribution in [-0.2, 0) is 0 Å². The Labute approximate surface area is 110 Å². The molecular weight excluding hydrogens is 242 g/mol. The first-order valence-corrected chi connectivity index (χ1v) is 6.62. The summed E-state index contributed by atoms with van der Waals surface area (Å²) in [5.41, 5.74) is 3.01. The van der Waals surface area contributed by atoms with Gasteiger partial charge in [-0.15, -0.1) is 0 Å². The quantitative estimate of drug-likeness (QED) is 0.703. The van der Waals surface area contributed by atoms with Gasteiger partial charge in [-0.05, 0) is 30.7 Å². The summed E-state index contributed by atoms with van der Waals surface area (Å²) in [4.78, 5) is 4.37. The summed E-state index contributed by atoms with van der Waals surface area (Å²) in [6.45, 7) is 3.91. The van der Waals surface area contributed by atoms with Crippen LogP contribution in [-0.4, -0.2) is 10.1 Å². The molecule has 3 aromatic rings. The van der Waals surface area contributed by atoms with Gasteiger partial charge in [-0.3, -0.25) is 0 Å². The van der Waals surface area contributed by atoms with Crippen LogP contribution in [0.2, 0.25) is 0 Å². The molecule has 0 aliphatic heterocycles. The maximum atomic E-state index is 9.61. The molecule has 0 unspecified atom stereocenters. The first-order chi connectivity index (χ1) is 8.63. The first-order valence-electron chi connectivity index (χ1n) is 5.81. The monoisotopic (exact) mass is 255 g/mol. The SMILES string of the molecule is Cc1ccc2cc(-c3nc(C)c(O)s3)ccc2c1. The van der Waals surface area contributed by atoms with E-state index >= 15 is 0 Å². The van der Waals surface area contributed by atoms with E-state index < -0.39 is 0 Å². The van der Waals surface area contributed by atoms with Crippen LogP contribution in [0.5, 0.6) is 5.06 Å². The molecule has 1 heterocycles. The third kappa shape index (κ3) is 1.87. The number of hydrogen-bond donors (Lipinski definition) is 1. The Morgan fingerprint density at radius 1 is 1.00 bits per heavy atom. The van der Waals surface area contributed by atoms with Crippen molar-refractivity contribution >= 4 is 22.1 Å². The Balaban J connectivity index is 2.16. The number of rotatable bonds is 1. The van der Waals surface area contributed by atoms with E-state index in [0.29, 0.717) is 10.8 Å². The summed E-state index contributed by atoms with van der Waals surface area (Å²) in [6, 6.07) is 12.7. The molecule has 3 heteroatoms. The fourth-order valence-corrected chi connectivity index (χ4v) is 2.81. The number of hydrogen-bond acceptors (Lipinski definition) is 3. The van der Waals surface area contributed by atoms with Crippen LogP contribution in [0.1, 0.15) is 11.3 Å². The van der Waals surface area contributed by atoms with E-state index in [2.05, 4.69) is 48.3 Å². The van der Waals surface area contributed by atoms with Crippen LogP contribution in [0, 0.1) is 13.8 Å². The Bertz CT molecular complexity index is 711. The molecular formula is C15H13NOS. The van der Waals surface area contributed by atoms with E-state index in [1.165, 1.54) is 27.7 Å². The van der Waals surface area contributed by atoms with Gasteiger partial charge in [0.2, 0.25) is 0 Å². The molecule has 0 fully saturated rings. The second-order valence-electron chi connectivity index (χ2n) is 4.47. The van der Waals surface area contributed by atoms with Crippen molar-refractivity contribution < 1.29 is 5.11 Å². The number of benzene rings is 2. The van der Waals surface area contributed by atoms with Gasteiger partial charge in [0.25, 0.3) is 0 Å². The van der Waals surface area contributed by atoms with Crippen molar-refractivity contribution in [2.75, 3.05) is 0 Å². The highest BCUT2D eigenvalue weighted by molar-refractivity contribution is 7.16. The Hall–Kier alpha value is -1.87. The molecule has 18 heavy (non-hydrogen) atoms. The molecule has 1 N–H and O–H groups in total. The van der Waals surface area contributed by atoms with Crippen molar-refractivity contribution in [1.29, 1.82) is 0 Å². The fraction of sp³-hybridized carbons (Fsp3) is 0.133. The van der Waals surface area contributed by atoms with Crippen LogP contribution in [0.25, 0.3) is 21.3 Å². The first kappa shape index (κ1) is 11.2. The highest BCUT2D eigenvalue weighted by Crippen LogP contribution is 2.33. The average molecular weight is 255 g/mol. The zero-order chi connectivity index (χ0) is 12.7. The number of aromatic nitrogens is 1. The Morgan fingerprint density at radius 2 is 1.72 bits per heavy atom. The maximum absolute atomic E-state index is 9.61. The Morgan fingerprint density at radius 3 is 2.44 bits per heavy atom. The van der Waals surface area contributed by atoms with Crippen molar-refractivity contribution in [3.8, 4) is 15.6 Å². The van der Waals surface area contributed by atoms with Crippen molar-refractivity contribution in [2.45, 2.75) is 13.8 Å². The zero-order valence-electron chi connectivity index (χ0n) is 10.3. The van der Waals surface area contributed by atoms with E-state index in [1.54, 1.807) is 0 Å². The molecule has 2 nitrogen and oxygen atoms in total. The molecule has 0 amide bonds. The molecule has 0 saturated heterocycles. The van der Waals surface area contributed by atoms with Crippen LogP contribution in [0.4, 0.5) is 0 Å². The predicted molar refractivity (Wildman–Crippen MR) is 76.2 cm³/mol. The summed E-state index contributed by atoms with van der Waals surface area (Å²) in [5.74, 6) is 0. The molecule has 0 bridgehead atoms. The molecule has 0 spiro atoms. The van der Waals surface area contributed by atoms with Gasteiger partial charge in [0.1, 0.15) is 5.01 Å². The highest BCUT2D eigenvalue weighted by atomic mass is 32.1. The second kappa shape index (κ2) is 4.10. The maximum Gasteiger partial charge on any atom is 0.195 e. The summed E-state index contributed by atoms with van der Waals surface area (Å²) >= 11 is 1.32. The lowest BCUT2D eigenvalue weighted by Crippen LogP contribution is -1.80. The van der Waals surface area contributed by atoms with E-state index in [4.69, 9.17) is 0 Å².